The number of pyridine rings is 1. The monoisotopic (exact) mass is 332 g/mol. The van der Waals surface area contributed by atoms with Gasteiger partial charge in [-0.2, -0.15) is 0 Å². The van der Waals surface area contributed by atoms with Gasteiger partial charge in [-0.25, -0.2) is 4.57 Å². The lowest BCUT2D eigenvalue weighted by Gasteiger charge is -2.14. The first-order valence-electron chi connectivity index (χ1n) is 10.7. The molecule has 0 aliphatic heterocycles. The van der Waals surface area contributed by atoms with Crippen LogP contribution in [-0.4, -0.2) is 0 Å². The van der Waals surface area contributed by atoms with E-state index in [-0.39, 0.29) is 5.56 Å². The summed E-state index contributed by atoms with van der Waals surface area (Å²) in [7, 11) is 1.90. The van der Waals surface area contributed by atoms with Crippen LogP contribution in [0.5, 0.6) is 0 Å². The number of fused-ring (bicyclic) bond motifs is 3. The number of aromatic nitrogens is 1. The van der Waals surface area contributed by atoms with Gasteiger partial charge in [0.25, 0.3) is 0 Å². The number of nitrogens with zero attached hydrogens (tertiary/aromatic N) is 1. The first kappa shape index (κ1) is 12.0. The summed E-state index contributed by atoms with van der Waals surface area (Å²) in [4.78, 5) is 0. The summed E-state index contributed by atoms with van der Waals surface area (Å²) < 4.78 is 34.3. The van der Waals surface area contributed by atoms with E-state index in [4.69, 9.17) is 5.48 Å². The number of rotatable bonds is 2. The topological polar surface area (TPSA) is 3.88 Å². The maximum absolute atomic E-state index is 8.58. The van der Waals surface area contributed by atoms with Crippen LogP contribution in [0.4, 0.5) is 0 Å². The number of hydrogen-bond donors (Lipinski definition) is 0. The van der Waals surface area contributed by atoms with E-state index in [9.17, 15) is 0 Å². The quantitative estimate of drug-likeness (QED) is 0.427. The van der Waals surface area contributed by atoms with Gasteiger partial charge in [0.1, 0.15) is 7.05 Å². The highest BCUT2D eigenvalue weighted by molar-refractivity contribution is 5.84. The minimum Gasteiger partial charge on any atom is -0.201 e. The molecule has 0 fully saturated rings. The zero-order valence-corrected chi connectivity index (χ0v) is 15.3. The smallest absolute Gasteiger partial charge is 0.201 e. The van der Waals surface area contributed by atoms with Crippen LogP contribution in [0.15, 0.2) is 48.7 Å². The van der Waals surface area contributed by atoms with E-state index >= 15 is 0 Å². The maximum Gasteiger partial charge on any atom is 0.213 e. The molecule has 0 spiro atoms. The maximum atomic E-state index is 8.58. The van der Waals surface area contributed by atoms with Crippen molar-refractivity contribution in [1.82, 2.24) is 0 Å². The number of aryl methyl sites for hydroxylation is 3. The molecule has 3 aromatic rings. The third kappa shape index (κ3) is 2.50. The van der Waals surface area contributed by atoms with Crippen molar-refractivity contribution >= 4 is 0 Å². The van der Waals surface area contributed by atoms with Crippen LogP contribution < -0.4 is 4.57 Å². The van der Waals surface area contributed by atoms with Crippen LogP contribution in [0, 0.1) is 13.8 Å². The van der Waals surface area contributed by atoms with Gasteiger partial charge in [0.2, 0.25) is 5.69 Å². The van der Waals surface area contributed by atoms with Crippen molar-refractivity contribution in [2.24, 2.45) is 7.05 Å². The molecule has 0 bridgehead atoms. The molecule has 0 N–H and O–H groups in total. The normalized spacial score (nSPS) is 15.7. The molecule has 1 nitrogen and oxygen atoms in total. The first-order valence-corrected chi connectivity index (χ1v) is 8.74. The van der Waals surface area contributed by atoms with E-state index in [2.05, 4.69) is 43.3 Å². The van der Waals surface area contributed by atoms with Gasteiger partial charge in [0, 0.05) is 17.1 Å². The van der Waals surface area contributed by atoms with Crippen molar-refractivity contribution in [3.63, 3.8) is 0 Å². The average Bonchev–Trinajstić information content (AvgIpc) is 2.98. The Bertz CT molecular complexity index is 1120. The highest BCUT2D eigenvalue weighted by Gasteiger charge is 2.26. The predicted octanol–water partition coefficient (Wildman–Crippen LogP) is 5.49. The first-order chi connectivity index (χ1) is 13.5. The van der Waals surface area contributed by atoms with Gasteiger partial charge >= 0.3 is 0 Å². The molecule has 0 unspecified atom stereocenters. The lowest BCUT2D eigenvalue weighted by atomic mass is 9.91. The van der Waals surface area contributed by atoms with Crippen molar-refractivity contribution in [1.29, 1.82) is 0 Å². The lowest BCUT2D eigenvalue weighted by Crippen LogP contribution is -2.32. The molecule has 0 amide bonds. The Morgan fingerprint density at radius 3 is 2.64 bits per heavy atom. The lowest BCUT2D eigenvalue weighted by molar-refractivity contribution is -0.660. The van der Waals surface area contributed by atoms with E-state index in [0.717, 1.165) is 23.2 Å². The van der Waals surface area contributed by atoms with Crippen LogP contribution in [0.25, 0.3) is 22.4 Å². The summed E-state index contributed by atoms with van der Waals surface area (Å²) in [5.74, 6) is -1.01. The van der Waals surface area contributed by atoms with E-state index in [1.807, 2.05) is 17.7 Å². The molecule has 126 valence electrons. The minimum absolute atomic E-state index is 0.247. The molecule has 0 saturated carbocycles. The Kier molecular flexibility index (Phi) is 2.81. The fourth-order valence-electron chi connectivity index (χ4n) is 4.00. The minimum atomic E-state index is -2.26. The van der Waals surface area contributed by atoms with Crippen LogP contribution in [0.3, 0.4) is 0 Å². The summed E-state index contributed by atoms with van der Waals surface area (Å²) in [5.41, 5.74) is 9.16. The second kappa shape index (κ2) is 5.84. The molecule has 1 aliphatic rings. The Labute approximate surface area is 156 Å². The highest BCUT2D eigenvalue weighted by atomic mass is 14.9. The van der Waals surface area contributed by atoms with Gasteiger partial charge in [0.15, 0.2) is 6.20 Å². The molecule has 1 heterocycles. The van der Waals surface area contributed by atoms with E-state index in [0.29, 0.717) is 5.56 Å². The Morgan fingerprint density at radius 2 is 1.88 bits per heavy atom. The molecule has 1 heteroatoms. The molecule has 1 aromatic heterocycles. The van der Waals surface area contributed by atoms with E-state index < -0.39 is 12.7 Å². The molecule has 0 saturated heterocycles. The van der Waals surface area contributed by atoms with Crippen LogP contribution in [0.2, 0.25) is 0 Å². The van der Waals surface area contributed by atoms with Crippen molar-refractivity contribution in [3.05, 3.63) is 76.5 Å². The Hall–Kier alpha value is -2.41. The van der Waals surface area contributed by atoms with Gasteiger partial charge in [-0.05, 0) is 59.5 Å². The fourth-order valence-corrected chi connectivity index (χ4v) is 4.00. The molecular weight excluding hydrogens is 302 g/mol. The average molecular weight is 333 g/mol. The van der Waals surface area contributed by atoms with Gasteiger partial charge in [-0.15, -0.1) is 0 Å². The molecule has 25 heavy (non-hydrogen) atoms. The van der Waals surface area contributed by atoms with E-state index in [1.54, 1.807) is 20.0 Å². The molecule has 0 radical (unpaired) electrons. The summed E-state index contributed by atoms with van der Waals surface area (Å²) in [6.07, 6.45) is 2.55. The van der Waals surface area contributed by atoms with Crippen LogP contribution >= 0.6 is 0 Å². The Balaban J connectivity index is 2.00. The third-order valence-corrected chi connectivity index (χ3v) is 5.26. The highest BCUT2D eigenvalue weighted by Crippen LogP contribution is 2.42. The number of benzene rings is 2. The summed E-state index contributed by atoms with van der Waals surface area (Å²) >= 11 is 0. The molecule has 1 aliphatic carbocycles. The zero-order chi connectivity index (χ0) is 21.1. The fraction of sp³-hybridized carbons (Fsp3) is 0.292. The SMILES string of the molecule is [2H]C([2H])([2H])c1c[n+](C)c(-c2c(C)ccc3c2Cc2ccccc2-3)cc1C([2H])(C)C. The van der Waals surface area contributed by atoms with E-state index in [1.165, 1.54) is 22.3 Å². The molecule has 4 rings (SSSR count). The van der Waals surface area contributed by atoms with Crippen molar-refractivity contribution < 1.29 is 10.1 Å². The van der Waals surface area contributed by atoms with Crippen LogP contribution in [0.1, 0.15) is 53.0 Å². The second-order valence-electron chi connectivity index (χ2n) is 7.21. The van der Waals surface area contributed by atoms with Crippen molar-refractivity contribution in [2.45, 2.75) is 39.9 Å². The third-order valence-electron chi connectivity index (χ3n) is 5.26. The second-order valence-corrected chi connectivity index (χ2v) is 7.21. The molecular formula is C24H26N+. The Morgan fingerprint density at radius 1 is 1.08 bits per heavy atom. The summed E-state index contributed by atoms with van der Waals surface area (Å²) in [6, 6.07) is 14.7. The molecule has 0 atom stereocenters. The van der Waals surface area contributed by atoms with Gasteiger partial charge < -0.3 is 0 Å². The largest absolute Gasteiger partial charge is 0.213 e. The zero-order valence-electron chi connectivity index (χ0n) is 19.3. The van der Waals surface area contributed by atoms with Crippen molar-refractivity contribution in [3.8, 4) is 22.4 Å². The van der Waals surface area contributed by atoms with Gasteiger partial charge in [-0.1, -0.05) is 50.2 Å². The van der Waals surface area contributed by atoms with Crippen molar-refractivity contribution in [2.75, 3.05) is 0 Å². The summed E-state index contributed by atoms with van der Waals surface area (Å²) in [5, 5.41) is 0. The van der Waals surface area contributed by atoms with Gasteiger partial charge in [0.05, 0.1) is 5.56 Å². The van der Waals surface area contributed by atoms with Crippen LogP contribution in [-0.2, 0) is 13.5 Å². The molecule has 2 aromatic carbocycles. The number of hydrogen-bond acceptors (Lipinski definition) is 0. The predicted molar refractivity (Wildman–Crippen MR) is 105 cm³/mol. The summed E-state index contributed by atoms with van der Waals surface area (Å²) in [6.45, 7) is 3.34. The van der Waals surface area contributed by atoms with Gasteiger partial charge in [-0.3, -0.25) is 0 Å². The standard InChI is InChI=1S/C24H26N/c1-15(2)21-13-23(25(5)14-17(21)4)24-16(3)10-11-20-19-9-7-6-8-18(19)12-22(20)24/h6-11,13-15H,12H2,1-5H3/q+1/i4D3,15D.